The summed E-state index contributed by atoms with van der Waals surface area (Å²) >= 11 is 6.00. The minimum absolute atomic E-state index is 0.0535. The number of carbonyl (C=O) groups excluding carboxylic acids is 2. The summed E-state index contributed by atoms with van der Waals surface area (Å²) in [6.07, 6.45) is 2.85. The number of primary amides is 1. The Balaban J connectivity index is 1.64. The van der Waals surface area contributed by atoms with Crippen molar-refractivity contribution in [1.29, 1.82) is 0 Å². The van der Waals surface area contributed by atoms with Crippen LogP contribution in [0.1, 0.15) is 5.56 Å². The number of hydrogen-bond acceptors (Lipinski definition) is 4. The minimum Gasteiger partial charge on any atom is -0.351 e. The van der Waals surface area contributed by atoms with Crippen LogP contribution in [-0.4, -0.2) is 20.4 Å². The van der Waals surface area contributed by atoms with Gasteiger partial charge in [-0.3, -0.25) is 9.52 Å². The van der Waals surface area contributed by atoms with Crippen molar-refractivity contribution in [1.82, 2.24) is 0 Å². The van der Waals surface area contributed by atoms with E-state index in [1.807, 2.05) is 0 Å². The van der Waals surface area contributed by atoms with E-state index in [1.54, 1.807) is 66.7 Å². The zero-order valence-corrected chi connectivity index (χ0v) is 18.2. The average Bonchev–Trinajstić information content (AvgIpc) is 2.74. The number of rotatable bonds is 7. The lowest BCUT2D eigenvalue weighted by Gasteiger charge is -2.09. The fourth-order valence-corrected chi connectivity index (χ4v) is 4.00. The van der Waals surface area contributed by atoms with E-state index in [4.69, 9.17) is 17.3 Å². The van der Waals surface area contributed by atoms with Crippen LogP contribution in [0, 0.1) is 0 Å². The number of nitrogens with two attached hydrogens (primary N) is 1. The van der Waals surface area contributed by atoms with Crippen LogP contribution in [0.3, 0.4) is 0 Å². The Kier molecular flexibility index (Phi) is 7.14. The first-order valence-electron chi connectivity index (χ1n) is 9.26. The Morgan fingerprint density at radius 3 is 2.19 bits per heavy atom. The van der Waals surface area contributed by atoms with Crippen molar-refractivity contribution in [3.8, 4) is 0 Å². The molecule has 0 heterocycles. The lowest BCUT2D eigenvalue weighted by molar-refractivity contribution is -0.111. The lowest BCUT2D eigenvalue weighted by atomic mass is 10.2. The van der Waals surface area contributed by atoms with Crippen LogP contribution in [0.4, 0.5) is 21.9 Å². The zero-order valence-electron chi connectivity index (χ0n) is 16.6. The second-order valence-corrected chi connectivity index (χ2v) is 8.64. The van der Waals surface area contributed by atoms with Crippen molar-refractivity contribution >= 4 is 56.7 Å². The van der Waals surface area contributed by atoms with Crippen LogP contribution in [0.2, 0.25) is 5.02 Å². The summed E-state index contributed by atoms with van der Waals surface area (Å²) < 4.78 is 27.5. The Morgan fingerprint density at radius 2 is 1.53 bits per heavy atom. The summed E-state index contributed by atoms with van der Waals surface area (Å²) in [6, 6.07) is 18.3. The van der Waals surface area contributed by atoms with E-state index in [0.717, 1.165) is 0 Å². The average molecular weight is 471 g/mol. The molecule has 5 N–H and O–H groups in total. The van der Waals surface area contributed by atoms with Crippen molar-refractivity contribution in [2.75, 3.05) is 15.4 Å². The van der Waals surface area contributed by atoms with Gasteiger partial charge in [-0.15, -0.1) is 0 Å². The molecule has 8 nitrogen and oxygen atoms in total. The van der Waals surface area contributed by atoms with E-state index in [1.165, 1.54) is 18.2 Å². The summed E-state index contributed by atoms with van der Waals surface area (Å²) in [4.78, 5) is 23.1. The maximum Gasteiger partial charge on any atom is 0.316 e. The molecule has 0 atom stereocenters. The molecular weight excluding hydrogens is 452 g/mol. The number of carbonyl (C=O) groups is 2. The first-order chi connectivity index (χ1) is 15.2. The minimum atomic E-state index is -3.81. The molecule has 0 spiro atoms. The normalized spacial score (nSPS) is 11.2. The van der Waals surface area contributed by atoms with Crippen LogP contribution in [0.5, 0.6) is 0 Å². The third-order valence-electron chi connectivity index (χ3n) is 4.13. The van der Waals surface area contributed by atoms with E-state index in [0.29, 0.717) is 16.9 Å². The van der Waals surface area contributed by atoms with Gasteiger partial charge in [-0.2, -0.15) is 0 Å². The largest absolute Gasteiger partial charge is 0.351 e. The molecule has 3 rings (SSSR count). The van der Waals surface area contributed by atoms with E-state index in [9.17, 15) is 18.0 Å². The highest BCUT2D eigenvalue weighted by Crippen LogP contribution is 2.24. The highest BCUT2D eigenvalue weighted by molar-refractivity contribution is 7.92. The van der Waals surface area contributed by atoms with Crippen molar-refractivity contribution in [3.63, 3.8) is 0 Å². The number of sulfonamides is 1. The molecular formula is C22H19ClN4O4S. The molecule has 0 bridgehead atoms. The summed E-state index contributed by atoms with van der Waals surface area (Å²) in [7, 11) is -3.81. The predicted molar refractivity (Wildman–Crippen MR) is 126 cm³/mol. The highest BCUT2D eigenvalue weighted by Gasteiger charge is 2.15. The monoisotopic (exact) mass is 470 g/mol. The van der Waals surface area contributed by atoms with Crippen LogP contribution in [-0.2, 0) is 14.8 Å². The molecule has 0 unspecified atom stereocenters. The second kappa shape index (κ2) is 9.99. The number of urea groups is 1. The van der Waals surface area contributed by atoms with Gasteiger partial charge >= 0.3 is 6.03 Å². The molecule has 3 amide bonds. The van der Waals surface area contributed by atoms with Gasteiger partial charge in [0, 0.05) is 17.5 Å². The molecule has 0 aromatic heterocycles. The quantitative estimate of drug-likeness (QED) is 0.384. The smallest absolute Gasteiger partial charge is 0.316 e. The van der Waals surface area contributed by atoms with Gasteiger partial charge in [0.05, 0.1) is 15.6 Å². The molecule has 0 fully saturated rings. The molecule has 164 valence electrons. The van der Waals surface area contributed by atoms with Gasteiger partial charge in [0.15, 0.2) is 0 Å². The van der Waals surface area contributed by atoms with Gasteiger partial charge in [0.1, 0.15) is 0 Å². The van der Waals surface area contributed by atoms with Gasteiger partial charge in [-0.05, 0) is 54.1 Å². The fourth-order valence-electron chi connectivity index (χ4n) is 2.68. The second-order valence-electron chi connectivity index (χ2n) is 6.55. The van der Waals surface area contributed by atoms with Crippen molar-refractivity contribution in [2.24, 2.45) is 5.73 Å². The SMILES string of the molecule is NC(=O)Nc1cccc(NC(=O)/C=C/c2ccc(S(=O)(=O)Nc3ccccc3Cl)cc2)c1. The van der Waals surface area contributed by atoms with E-state index >= 15 is 0 Å². The Labute approximate surface area is 190 Å². The lowest BCUT2D eigenvalue weighted by Crippen LogP contribution is -2.19. The third-order valence-corrected chi connectivity index (χ3v) is 5.84. The molecule has 0 aliphatic rings. The number of anilines is 3. The number of benzene rings is 3. The summed E-state index contributed by atoms with van der Waals surface area (Å²) in [5.74, 6) is -0.404. The highest BCUT2D eigenvalue weighted by atomic mass is 35.5. The third kappa shape index (κ3) is 6.34. The number of para-hydroxylation sites is 1. The van der Waals surface area contributed by atoms with E-state index in [-0.39, 0.29) is 15.6 Å². The number of nitrogens with one attached hydrogen (secondary N) is 3. The standard InChI is InChI=1S/C22H19ClN4O4S/c23-19-6-1-2-7-20(19)27-32(30,31)18-11-8-15(9-12-18)10-13-21(28)25-16-4-3-5-17(14-16)26-22(24)29/h1-14,27H,(H,25,28)(H3,24,26,29)/b13-10+. The molecule has 0 saturated carbocycles. The van der Waals surface area contributed by atoms with Gasteiger partial charge < -0.3 is 16.4 Å². The first-order valence-corrected chi connectivity index (χ1v) is 11.1. The molecule has 0 aliphatic carbocycles. The molecule has 0 radical (unpaired) electrons. The van der Waals surface area contributed by atoms with Crippen molar-refractivity contribution < 1.29 is 18.0 Å². The number of hydrogen-bond donors (Lipinski definition) is 4. The van der Waals surface area contributed by atoms with Crippen LogP contribution >= 0.6 is 11.6 Å². The number of amides is 3. The molecule has 10 heteroatoms. The first kappa shape index (κ1) is 22.9. The molecule has 3 aromatic carbocycles. The van der Waals surface area contributed by atoms with Gasteiger partial charge in [-0.1, -0.05) is 41.9 Å². The zero-order chi connectivity index (χ0) is 23.1. The Morgan fingerprint density at radius 1 is 0.875 bits per heavy atom. The Hall–Kier alpha value is -3.82. The molecule has 0 aliphatic heterocycles. The molecule has 0 saturated heterocycles. The topological polar surface area (TPSA) is 130 Å². The van der Waals surface area contributed by atoms with Crippen LogP contribution in [0.15, 0.2) is 83.8 Å². The van der Waals surface area contributed by atoms with E-state index < -0.39 is 22.0 Å². The van der Waals surface area contributed by atoms with Gasteiger partial charge in [0.25, 0.3) is 10.0 Å². The van der Waals surface area contributed by atoms with Crippen LogP contribution in [0.25, 0.3) is 6.08 Å². The summed E-state index contributed by atoms with van der Waals surface area (Å²) in [5, 5.41) is 5.37. The maximum absolute atomic E-state index is 12.5. The van der Waals surface area contributed by atoms with Crippen molar-refractivity contribution in [3.05, 3.63) is 89.5 Å². The van der Waals surface area contributed by atoms with Crippen molar-refractivity contribution in [2.45, 2.75) is 4.90 Å². The van der Waals surface area contributed by atoms with Gasteiger partial charge in [0.2, 0.25) is 5.91 Å². The summed E-state index contributed by atoms with van der Waals surface area (Å²) in [5.41, 5.74) is 6.90. The maximum atomic E-state index is 12.5. The van der Waals surface area contributed by atoms with Crippen LogP contribution < -0.4 is 21.1 Å². The Bertz CT molecular complexity index is 1280. The number of halogens is 1. The van der Waals surface area contributed by atoms with Gasteiger partial charge in [-0.25, -0.2) is 13.2 Å². The fraction of sp³-hybridized carbons (Fsp3) is 0. The summed E-state index contributed by atoms with van der Waals surface area (Å²) in [6.45, 7) is 0. The predicted octanol–water partition coefficient (Wildman–Crippen LogP) is 4.28. The molecule has 32 heavy (non-hydrogen) atoms. The molecule has 3 aromatic rings. The van der Waals surface area contributed by atoms with E-state index in [2.05, 4.69) is 15.4 Å².